The maximum Gasteiger partial charge on any atom is 0.306 e. The van der Waals surface area contributed by atoms with E-state index in [-0.39, 0.29) is 12.5 Å². The van der Waals surface area contributed by atoms with Crippen LogP contribution in [0.25, 0.3) is 0 Å². The van der Waals surface area contributed by atoms with Crippen LogP contribution < -0.4 is 5.32 Å². The van der Waals surface area contributed by atoms with Gasteiger partial charge in [-0.25, -0.2) is 0 Å². The van der Waals surface area contributed by atoms with Crippen LogP contribution in [-0.2, 0) is 19.1 Å². The molecule has 6 nitrogen and oxygen atoms in total. The number of esters is 1. The van der Waals surface area contributed by atoms with Gasteiger partial charge in [-0.15, -0.1) is 0 Å². The minimum absolute atomic E-state index is 0.0676. The standard InChI is InChI=1S/C10H17N2O4/c1-9(13)16-5-2-11-10(14)8-12-3-6-15-7-4-12/h1-8H2,(H,11,14). The van der Waals surface area contributed by atoms with Crippen LogP contribution in [-0.4, -0.2) is 62.8 Å². The first-order chi connectivity index (χ1) is 7.68. The van der Waals surface area contributed by atoms with Gasteiger partial charge in [0.25, 0.3) is 0 Å². The number of ether oxygens (including phenoxy) is 2. The summed E-state index contributed by atoms with van der Waals surface area (Å²) in [7, 11) is 0. The number of carbonyl (C=O) groups is 2. The van der Waals surface area contributed by atoms with Crippen LogP contribution in [0.5, 0.6) is 0 Å². The summed E-state index contributed by atoms with van der Waals surface area (Å²) in [4.78, 5) is 23.8. The maximum atomic E-state index is 11.4. The fourth-order valence-corrected chi connectivity index (χ4v) is 1.37. The Morgan fingerprint density at radius 2 is 2.06 bits per heavy atom. The molecule has 0 aromatic heterocycles. The van der Waals surface area contributed by atoms with Gasteiger partial charge in [0.05, 0.1) is 33.2 Å². The van der Waals surface area contributed by atoms with E-state index in [4.69, 9.17) is 4.74 Å². The molecule has 1 N–H and O–H groups in total. The van der Waals surface area contributed by atoms with Crippen molar-refractivity contribution < 1.29 is 19.1 Å². The number of hydrogen-bond donors (Lipinski definition) is 1. The predicted molar refractivity (Wildman–Crippen MR) is 56.6 cm³/mol. The molecule has 16 heavy (non-hydrogen) atoms. The number of nitrogens with zero attached hydrogens (tertiary/aromatic N) is 1. The van der Waals surface area contributed by atoms with Gasteiger partial charge in [0.2, 0.25) is 5.91 Å². The van der Waals surface area contributed by atoms with E-state index >= 15 is 0 Å². The third-order valence-corrected chi connectivity index (χ3v) is 2.16. The summed E-state index contributed by atoms with van der Waals surface area (Å²) in [5, 5.41) is 2.66. The number of morpholine rings is 1. The smallest absolute Gasteiger partial charge is 0.306 e. The van der Waals surface area contributed by atoms with Crippen molar-refractivity contribution in [2.45, 2.75) is 0 Å². The van der Waals surface area contributed by atoms with E-state index in [2.05, 4.69) is 17.0 Å². The van der Waals surface area contributed by atoms with Gasteiger partial charge in [-0.1, -0.05) is 0 Å². The van der Waals surface area contributed by atoms with Gasteiger partial charge in [-0.2, -0.15) is 0 Å². The lowest BCUT2D eigenvalue weighted by Crippen LogP contribution is -2.43. The molecule has 1 rings (SSSR count). The fourth-order valence-electron chi connectivity index (χ4n) is 1.37. The van der Waals surface area contributed by atoms with Crippen LogP contribution in [0.2, 0.25) is 0 Å². The number of hydrogen-bond acceptors (Lipinski definition) is 5. The monoisotopic (exact) mass is 229 g/mol. The Bertz CT molecular complexity index is 239. The minimum atomic E-state index is -0.581. The quantitative estimate of drug-likeness (QED) is 0.474. The van der Waals surface area contributed by atoms with E-state index in [9.17, 15) is 9.59 Å². The van der Waals surface area contributed by atoms with Crippen LogP contribution in [0.4, 0.5) is 0 Å². The van der Waals surface area contributed by atoms with Gasteiger partial charge in [-0.05, 0) is 0 Å². The molecule has 1 heterocycles. The molecule has 1 amide bonds. The van der Waals surface area contributed by atoms with Crippen LogP contribution >= 0.6 is 0 Å². The van der Waals surface area contributed by atoms with Crippen molar-refractivity contribution in [1.29, 1.82) is 0 Å². The normalized spacial score (nSPS) is 16.8. The Hall–Kier alpha value is -1.14. The minimum Gasteiger partial charge on any atom is -0.464 e. The number of nitrogens with one attached hydrogen (secondary N) is 1. The van der Waals surface area contributed by atoms with Crippen LogP contribution in [0, 0.1) is 6.92 Å². The third-order valence-electron chi connectivity index (χ3n) is 2.16. The van der Waals surface area contributed by atoms with E-state index in [0.717, 1.165) is 13.1 Å². The SMILES string of the molecule is [CH2]C(=O)OCCNC(=O)CN1CCOCC1. The van der Waals surface area contributed by atoms with E-state index in [1.807, 2.05) is 4.90 Å². The Balaban J connectivity index is 2.03. The molecule has 0 saturated carbocycles. The second-order valence-corrected chi connectivity index (χ2v) is 3.46. The predicted octanol–water partition coefficient (Wildman–Crippen LogP) is -1.19. The molecule has 1 radical (unpaired) electrons. The summed E-state index contributed by atoms with van der Waals surface area (Å²) in [5.74, 6) is -0.649. The second kappa shape index (κ2) is 7.19. The molecule has 1 aliphatic heterocycles. The molecule has 0 unspecified atom stereocenters. The van der Waals surface area contributed by atoms with Crippen LogP contribution in [0.1, 0.15) is 0 Å². The molecule has 0 bridgehead atoms. The van der Waals surface area contributed by atoms with Crippen LogP contribution in [0.3, 0.4) is 0 Å². The summed E-state index contributed by atoms with van der Waals surface area (Å²) in [5.41, 5.74) is 0. The Labute approximate surface area is 94.9 Å². The zero-order valence-corrected chi connectivity index (χ0v) is 9.24. The van der Waals surface area contributed by atoms with Gasteiger partial charge < -0.3 is 14.8 Å². The van der Waals surface area contributed by atoms with Crippen molar-refractivity contribution >= 4 is 11.9 Å². The van der Waals surface area contributed by atoms with Crippen molar-refractivity contribution in [3.63, 3.8) is 0 Å². The second-order valence-electron chi connectivity index (χ2n) is 3.46. The zero-order valence-electron chi connectivity index (χ0n) is 9.24. The Morgan fingerprint density at radius 3 is 2.69 bits per heavy atom. The van der Waals surface area contributed by atoms with Crippen molar-refractivity contribution in [3.8, 4) is 0 Å². The van der Waals surface area contributed by atoms with Gasteiger partial charge in [0.15, 0.2) is 0 Å². The van der Waals surface area contributed by atoms with Gasteiger partial charge in [0, 0.05) is 13.1 Å². The molecule has 0 aliphatic carbocycles. The van der Waals surface area contributed by atoms with Crippen molar-refractivity contribution in [2.75, 3.05) is 46.0 Å². The molecule has 1 saturated heterocycles. The number of carbonyl (C=O) groups excluding carboxylic acids is 2. The Morgan fingerprint density at radius 1 is 1.38 bits per heavy atom. The molecule has 91 valence electrons. The molecular formula is C10H17N2O4. The summed E-state index contributed by atoms with van der Waals surface area (Å²) in [6.07, 6.45) is 0. The lowest BCUT2D eigenvalue weighted by Gasteiger charge is -2.25. The number of amides is 1. The summed E-state index contributed by atoms with van der Waals surface area (Å²) >= 11 is 0. The average molecular weight is 229 g/mol. The molecule has 1 aliphatic rings. The average Bonchev–Trinajstić information content (AvgIpc) is 2.25. The maximum absolute atomic E-state index is 11.4. The molecular weight excluding hydrogens is 212 g/mol. The molecule has 0 aromatic rings. The topological polar surface area (TPSA) is 67.9 Å². The molecule has 1 fully saturated rings. The fraction of sp³-hybridized carbons (Fsp3) is 0.700. The molecule has 0 spiro atoms. The van der Waals surface area contributed by atoms with Gasteiger partial charge in [0.1, 0.15) is 6.61 Å². The van der Waals surface area contributed by atoms with E-state index in [1.165, 1.54) is 0 Å². The highest BCUT2D eigenvalue weighted by Crippen LogP contribution is 1.95. The lowest BCUT2D eigenvalue weighted by molar-refractivity contribution is -0.138. The lowest BCUT2D eigenvalue weighted by atomic mass is 10.4. The first-order valence-electron chi connectivity index (χ1n) is 5.24. The van der Waals surface area contributed by atoms with Crippen molar-refractivity contribution in [2.24, 2.45) is 0 Å². The van der Waals surface area contributed by atoms with Crippen molar-refractivity contribution in [1.82, 2.24) is 10.2 Å². The highest BCUT2D eigenvalue weighted by Gasteiger charge is 2.13. The highest BCUT2D eigenvalue weighted by atomic mass is 16.5. The van der Waals surface area contributed by atoms with E-state index < -0.39 is 5.97 Å². The van der Waals surface area contributed by atoms with Crippen molar-refractivity contribution in [3.05, 3.63) is 6.92 Å². The first kappa shape index (κ1) is 12.9. The Kier molecular flexibility index (Phi) is 5.81. The summed E-state index contributed by atoms with van der Waals surface area (Å²) in [6, 6.07) is 0. The molecule has 6 heteroatoms. The number of rotatable bonds is 5. The van der Waals surface area contributed by atoms with Gasteiger partial charge in [-0.3, -0.25) is 14.5 Å². The summed E-state index contributed by atoms with van der Waals surface area (Å²) < 4.78 is 9.75. The zero-order chi connectivity index (χ0) is 11.8. The third kappa shape index (κ3) is 5.67. The largest absolute Gasteiger partial charge is 0.464 e. The molecule has 0 aromatic carbocycles. The molecule has 0 atom stereocenters. The van der Waals surface area contributed by atoms with E-state index in [0.29, 0.717) is 26.3 Å². The van der Waals surface area contributed by atoms with Crippen LogP contribution in [0.15, 0.2) is 0 Å². The van der Waals surface area contributed by atoms with Gasteiger partial charge >= 0.3 is 5.97 Å². The first-order valence-corrected chi connectivity index (χ1v) is 5.24. The highest BCUT2D eigenvalue weighted by molar-refractivity contribution is 5.78. The summed E-state index contributed by atoms with van der Waals surface area (Å²) in [6.45, 7) is 6.81. The van der Waals surface area contributed by atoms with E-state index in [1.54, 1.807) is 0 Å².